The van der Waals surface area contributed by atoms with Gasteiger partial charge in [0, 0.05) is 4.88 Å². The summed E-state index contributed by atoms with van der Waals surface area (Å²) >= 11 is 1.41. The van der Waals surface area contributed by atoms with Crippen LogP contribution in [-0.2, 0) is 17.6 Å². The number of aromatic nitrogens is 2. The second kappa shape index (κ2) is 7.64. The maximum atomic E-state index is 12.9. The Hall–Kier alpha value is -3.24. The quantitative estimate of drug-likeness (QED) is 0.523. The van der Waals surface area contributed by atoms with E-state index >= 15 is 0 Å². The van der Waals surface area contributed by atoms with Gasteiger partial charge in [0.15, 0.2) is 0 Å². The number of nitrogens with zero attached hydrogens (tertiary/aromatic N) is 3. The van der Waals surface area contributed by atoms with Crippen LogP contribution in [0.25, 0.3) is 5.69 Å². The standard InChI is InChI=1S/C22H20N4O2S/c1-13-19(14(2)26(25-13)15-8-4-3-5-9-15)20(27)21(28)24-22-17(12-23)16-10-6-7-11-18(16)29-22/h3-5,8-9H,6-7,10-11H2,1-2H3,(H,24,28). The summed E-state index contributed by atoms with van der Waals surface area (Å²) in [6.45, 7) is 3.50. The van der Waals surface area contributed by atoms with Crippen LogP contribution in [0, 0.1) is 25.2 Å². The van der Waals surface area contributed by atoms with Crippen molar-refractivity contribution in [3.8, 4) is 11.8 Å². The zero-order valence-electron chi connectivity index (χ0n) is 16.3. The lowest BCUT2D eigenvalue weighted by molar-refractivity contribution is -0.112. The summed E-state index contributed by atoms with van der Waals surface area (Å²) in [5.74, 6) is -1.38. The van der Waals surface area contributed by atoms with Gasteiger partial charge in [0.25, 0.3) is 11.7 Å². The molecule has 0 radical (unpaired) electrons. The molecule has 4 rings (SSSR count). The number of benzene rings is 1. The van der Waals surface area contributed by atoms with Crippen LogP contribution in [-0.4, -0.2) is 21.5 Å². The summed E-state index contributed by atoms with van der Waals surface area (Å²) in [6.07, 6.45) is 3.89. The van der Waals surface area contributed by atoms with Gasteiger partial charge in [0.2, 0.25) is 0 Å². The fourth-order valence-corrected chi connectivity index (χ4v) is 5.07. The third kappa shape index (κ3) is 3.36. The highest BCUT2D eigenvalue weighted by atomic mass is 32.1. The Balaban J connectivity index is 1.63. The Kier molecular flexibility index (Phi) is 5.03. The van der Waals surface area contributed by atoms with Crippen LogP contribution < -0.4 is 5.32 Å². The predicted octanol–water partition coefficient (Wildman–Crippen LogP) is 4.12. The first-order valence-electron chi connectivity index (χ1n) is 9.53. The Morgan fingerprint density at radius 1 is 1.17 bits per heavy atom. The number of carbonyl (C=O) groups excluding carboxylic acids is 2. The number of ketones is 1. The molecule has 0 saturated carbocycles. The van der Waals surface area contributed by atoms with E-state index in [0.717, 1.165) is 41.8 Å². The van der Waals surface area contributed by atoms with Crippen molar-refractivity contribution >= 4 is 28.0 Å². The number of nitrogens with one attached hydrogen (secondary N) is 1. The van der Waals surface area contributed by atoms with E-state index in [9.17, 15) is 14.9 Å². The van der Waals surface area contributed by atoms with Crippen LogP contribution in [0.3, 0.4) is 0 Å². The lowest BCUT2D eigenvalue weighted by Crippen LogP contribution is -2.24. The number of Topliss-reactive ketones (excluding diaryl/α,β-unsaturated/α-hetero) is 1. The fraction of sp³-hybridized carbons (Fsp3) is 0.273. The summed E-state index contributed by atoms with van der Waals surface area (Å²) in [7, 11) is 0. The van der Waals surface area contributed by atoms with Crippen LogP contribution in [0.5, 0.6) is 0 Å². The molecule has 0 fully saturated rings. The van der Waals surface area contributed by atoms with Gasteiger partial charge in [-0.2, -0.15) is 10.4 Å². The molecule has 29 heavy (non-hydrogen) atoms. The lowest BCUT2D eigenvalue weighted by Gasteiger charge is -2.09. The van der Waals surface area contributed by atoms with Crippen molar-refractivity contribution in [2.75, 3.05) is 5.32 Å². The minimum Gasteiger partial charge on any atom is -0.310 e. The van der Waals surface area contributed by atoms with E-state index in [1.807, 2.05) is 30.3 Å². The van der Waals surface area contributed by atoms with Crippen LogP contribution >= 0.6 is 11.3 Å². The monoisotopic (exact) mass is 404 g/mol. The zero-order valence-corrected chi connectivity index (χ0v) is 17.1. The van der Waals surface area contributed by atoms with E-state index in [1.165, 1.54) is 11.3 Å². The molecule has 1 aromatic carbocycles. The average molecular weight is 404 g/mol. The number of thiophene rings is 1. The highest BCUT2D eigenvalue weighted by Gasteiger charge is 2.28. The van der Waals surface area contributed by atoms with Crippen molar-refractivity contribution in [1.29, 1.82) is 5.26 Å². The van der Waals surface area contributed by atoms with Crippen LogP contribution in [0.1, 0.15) is 50.6 Å². The molecule has 1 aliphatic rings. The SMILES string of the molecule is Cc1nn(-c2ccccc2)c(C)c1C(=O)C(=O)Nc1sc2c(c1C#N)CCCC2. The molecule has 1 N–H and O–H groups in total. The number of fused-ring (bicyclic) bond motifs is 1. The van der Waals surface area contributed by atoms with E-state index in [-0.39, 0.29) is 0 Å². The van der Waals surface area contributed by atoms with E-state index in [4.69, 9.17) is 0 Å². The molecule has 0 atom stereocenters. The minimum absolute atomic E-state index is 0.297. The van der Waals surface area contributed by atoms with Gasteiger partial charge in [-0.1, -0.05) is 18.2 Å². The van der Waals surface area contributed by atoms with Gasteiger partial charge in [-0.05, 0) is 57.2 Å². The third-order valence-corrected chi connectivity index (χ3v) is 6.44. The maximum Gasteiger partial charge on any atom is 0.297 e. The molecule has 0 saturated heterocycles. The number of aryl methyl sites for hydroxylation is 2. The zero-order chi connectivity index (χ0) is 20.5. The van der Waals surface area contributed by atoms with E-state index in [0.29, 0.717) is 27.5 Å². The van der Waals surface area contributed by atoms with E-state index in [1.54, 1.807) is 18.5 Å². The highest BCUT2D eigenvalue weighted by molar-refractivity contribution is 7.16. The van der Waals surface area contributed by atoms with Crippen LogP contribution in [0.4, 0.5) is 5.00 Å². The van der Waals surface area contributed by atoms with E-state index < -0.39 is 11.7 Å². The second-order valence-corrected chi connectivity index (χ2v) is 8.21. The lowest BCUT2D eigenvalue weighted by atomic mass is 9.96. The summed E-state index contributed by atoms with van der Waals surface area (Å²) in [6, 6.07) is 11.7. The number of hydrogen-bond acceptors (Lipinski definition) is 5. The molecule has 0 spiro atoms. The molecule has 2 heterocycles. The molecule has 0 bridgehead atoms. The van der Waals surface area contributed by atoms with Crippen molar-refractivity contribution in [2.24, 2.45) is 0 Å². The fourth-order valence-electron chi connectivity index (χ4n) is 3.84. The van der Waals surface area contributed by atoms with Crippen LogP contribution in [0.2, 0.25) is 0 Å². The Morgan fingerprint density at radius 2 is 1.90 bits per heavy atom. The van der Waals surface area contributed by atoms with Crippen molar-refractivity contribution in [3.63, 3.8) is 0 Å². The van der Waals surface area contributed by atoms with Gasteiger partial charge >= 0.3 is 0 Å². The number of anilines is 1. The Morgan fingerprint density at radius 3 is 2.62 bits per heavy atom. The molecular formula is C22H20N4O2S. The Labute approximate surface area is 172 Å². The van der Waals surface area contributed by atoms with Crippen molar-refractivity contribution < 1.29 is 9.59 Å². The molecule has 1 aliphatic carbocycles. The molecule has 7 heteroatoms. The largest absolute Gasteiger partial charge is 0.310 e. The summed E-state index contributed by atoms with van der Waals surface area (Å²) < 4.78 is 1.67. The molecule has 1 amide bonds. The topological polar surface area (TPSA) is 87.8 Å². The first-order chi connectivity index (χ1) is 14.0. The molecule has 0 aliphatic heterocycles. The van der Waals surface area contributed by atoms with Crippen molar-refractivity contribution in [3.05, 3.63) is 63.3 Å². The van der Waals surface area contributed by atoms with Crippen LogP contribution in [0.15, 0.2) is 30.3 Å². The first kappa shape index (κ1) is 19.1. The highest BCUT2D eigenvalue weighted by Crippen LogP contribution is 2.37. The molecule has 0 unspecified atom stereocenters. The Bertz CT molecular complexity index is 1150. The van der Waals surface area contributed by atoms with E-state index in [2.05, 4.69) is 16.5 Å². The average Bonchev–Trinajstić information content (AvgIpc) is 3.23. The van der Waals surface area contributed by atoms with Crippen molar-refractivity contribution in [2.45, 2.75) is 39.5 Å². The summed E-state index contributed by atoms with van der Waals surface area (Å²) in [4.78, 5) is 26.8. The number of amides is 1. The molecule has 146 valence electrons. The van der Waals surface area contributed by atoms with Gasteiger partial charge in [0.1, 0.15) is 11.1 Å². The number of carbonyl (C=O) groups is 2. The molecule has 2 aromatic heterocycles. The number of nitriles is 1. The second-order valence-electron chi connectivity index (χ2n) is 7.10. The predicted molar refractivity (Wildman–Crippen MR) is 112 cm³/mol. The summed E-state index contributed by atoms with van der Waals surface area (Å²) in [5.41, 5.74) is 3.75. The number of hydrogen-bond donors (Lipinski definition) is 1. The number of rotatable bonds is 4. The smallest absolute Gasteiger partial charge is 0.297 e. The third-order valence-electron chi connectivity index (χ3n) is 5.24. The molecular weight excluding hydrogens is 384 g/mol. The van der Waals surface area contributed by atoms with Gasteiger partial charge in [0.05, 0.1) is 28.2 Å². The molecule has 6 nitrogen and oxygen atoms in total. The number of para-hydroxylation sites is 1. The van der Waals surface area contributed by atoms with Gasteiger partial charge in [-0.3, -0.25) is 9.59 Å². The first-order valence-corrected chi connectivity index (χ1v) is 10.3. The maximum absolute atomic E-state index is 12.9. The molecule has 3 aromatic rings. The normalized spacial score (nSPS) is 12.9. The van der Waals surface area contributed by atoms with Gasteiger partial charge in [-0.25, -0.2) is 4.68 Å². The van der Waals surface area contributed by atoms with Crippen molar-refractivity contribution in [1.82, 2.24) is 9.78 Å². The van der Waals surface area contributed by atoms with Gasteiger partial charge < -0.3 is 5.32 Å². The van der Waals surface area contributed by atoms with Gasteiger partial charge in [-0.15, -0.1) is 11.3 Å². The summed E-state index contributed by atoms with van der Waals surface area (Å²) in [5, 5.41) is 17.2. The minimum atomic E-state index is -0.737.